The van der Waals surface area contributed by atoms with Gasteiger partial charge in [0.25, 0.3) is 0 Å². The number of amides is 2. The maximum atomic E-state index is 12.2. The lowest BCUT2D eigenvalue weighted by Crippen LogP contribution is -2.54. The first kappa shape index (κ1) is 15.3. The van der Waals surface area contributed by atoms with Crippen LogP contribution in [0.1, 0.15) is 59.8 Å². The van der Waals surface area contributed by atoms with Crippen molar-refractivity contribution in [2.45, 2.75) is 77.5 Å². The van der Waals surface area contributed by atoms with Crippen molar-refractivity contribution in [2.24, 2.45) is 0 Å². The number of hydrogen-bond acceptors (Lipinski definition) is 2. The number of rotatable bonds is 4. The molecule has 2 amide bonds. The Labute approximate surface area is 111 Å². The summed E-state index contributed by atoms with van der Waals surface area (Å²) < 4.78 is 0. The second-order valence-corrected chi connectivity index (χ2v) is 5.63. The highest BCUT2D eigenvalue weighted by molar-refractivity contribution is 5.75. The van der Waals surface area contributed by atoms with E-state index in [1.54, 1.807) is 0 Å². The molecule has 1 rings (SSSR count). The number of likely N-dealkylation sites (tertiary alicyclic amines) is 1. The van der Waals surface area contributed by atoms with Gasteiger partial charge in [0, 0.05) is 18.6 Å². The van der Waals surface area contributed by atoms with Crippen LogP contribution >= 0.6 is 0 Å². The highest BCUT2D eigenvalue weighted by Gasteiger charge is 2.30. The van der Waals surface area contributed by atoms with Gasteiger partial charge in [0.2, 0.25) is 0 Å². The van der Waals surface area contributed by atoms with Crippen molar-refractivity contribution in [3.63, 3.8) is 0 Å². The number of urea groups is 1. The van der Waals surface area contributed by atoms with E-state index in [0.29, 0.717) is 31.5 Å². The third-order valence-electron chi connectivity index (χ3n) is 4.31. The number of piperidine rings is 1. The maximum absolute atomic E-state index is 12.2. The summed E-state index contributed by atoms with van der Waals surface area (Å²) in [5.74, 6) is 0. The Kier molecular flexibility index (Phi) is 5.45. The molecule has 1 aliphatic heterocycles. The van der Waals surface area contributed by atoms with Crippen LogP contribution in [0.5, 0.6) is 0 Å². The molecular weight excluding hydrogens is 228 g/mol. The monoisotopic (exact) mass is 256 g/mol. The lowest BCUT2D eigenvalue weighted by atomic mass is 9.97. The molecule has 1 aliphatic rings. The SMILES string of the molecule is CCC(O)(CC)CNC(=O)N1C(C)CCCC1C. The predicted octanol–water partition coefficient (Wildman–Crippen LogP) is 2.51. The fourth-order valence-corrected chi connectivity index (χ4v) is 2.65. The number of aliphatic hydroxyl groups is 1. The predicted molar refractivity (Wildman–Crippen MR) is 73.5 cm³/mol. The lowest BCUT2D eigenvalue weighted by Gasteiger charge is -2.39. The Morgan fingerprint density at radius 3 is 2.22 bits per heavy atom. The third-order valence-corrected chi connectivity index (χ3v) is 4.31. The Morgan fingerprint density at radius 1 is 1.28 bits per heavy atom. The van der Waals surface area contributed by atoms with E-state index in [0.717, 1.165) is 12.8 Å². The molecule has 0 aliphatic carbocycles. The largest absolute Gasteiger partial charge is 0.388 e. The van der Waals surface area contributed by atoms with Crippen LogP contribution in [0.3, 0.4) is 0 Å². The van der Waals surface area contributed by atoms with Crippen LogP contribution in [0.25, 0.3) is 0 Å². The molecule has 4 heteroatoms. The molecule has 0 spiro atoms. The van der Waals surface area contributed by atoms with Gasteiger partial charge in [0.1, 0.15) is 0 Å². The number of carbonyl (C=O) groups excluding carboxylic acids is 1. The van der Waals surface area contributed by atoms with Crippen LogP contribution in [0, 0.1) is 0 Å². The zero-order chi connectivity index (χ0) is 13.8. The van der Waals surface area contributed by atoms with Crippen LogP contribution in [0.15, 0.2) is 0 Å². The van der Waals surface area contributed by atoms with Gasteiger partial charge in [-0.2, -0.15) is 0 Å². The fraction of sp³-hybridized carbons (Fsp3) is 0.929. The van der Waals surface area contributed by atoms with E-state index >= 15 is 0 Å². The van der Waals surface area contributed by atoms with Crippen LogP contribution in [0.2, 0.25) is 0 Å². The number of carbonyl (C=O) groups is 1. The van der Waals surface area contributed by atoms with Crippen molar-refractivity contribution < 1.29 is 9.90 Å². The molecule has 0 saturated carbocycles. The van der Waals surface area contributed by atoms with E-state index in [1.807, 2.05) is 18.7 Å². The smallest absolute Gasteiger partial charge is 0.317 e. The van der Waals surface area contributed by atoms with Gasteiger partial charge in [-0.15, -0.1) is 0 Å². The molecule has 2 N–H and O–H groups in total. The molecular formula is C14H28N2O2. The molecule has 1 heterocycles. The quantitative estimate of drug-likeness (QED) is 0.812. The highest BCUT2D eigenvalue weighted by atomic mass is 16.3. The van der Waals surface area contributed by atoms with Crippen molar-refractivity contribution in [3.8, 4) is 0 Å². The van der Waals surface area contributed by atoms with Crippen molar-refractivity contribution in [2.75, 3.05) is 6.54 Å². The van der Waals surface area contributed by atoms with E-state index in [1.165, 1.54) is 6.42 Å². The summed E-state index contributed by atoms with van der Waals surface area (Å²) in [5.41, 5.74) is -0.766. The molecule has 0 radical (unpaired) electrons. The van der Waals surface area contributed by atoms with E-state index in [-0.39, 0.29) is 6.03 Å². The number of nitrogens with one attached hydrogen (secondary N) is 1. The minimum atomic E-state index is -0.766. The molecule has 0 aromatic carbocycles. The summed E-state index contributed by atoms with van der Waals surface area (Å²) in [7, 11) is 0. The van der Waals surface area contributed by atoms with Crippen molar-refractivity contribution in [3.05, 3.63) is 0 Å². The lowest BCUT2D eigenvalue weighted by molar-refractivity contribution is 0.0313. The Hall–Kier alpha value is -0.770. The van der Waals surface area contributed by atoms with Crippen LogP contribution in [-0.4, -0.2) is 40.3 Å². The number of hydrogen-bond donors (Lipinski definition) is 2. The second-order valence-electron chi connectivity index (χ2n) is 5.63. The van der Waals surface area contributed by atoms with Gasteiger partial charge < -0.3 is 15.3 Å². The van der Waals surface area contributed by atoms with Gasteiger partial charge in [-0.1, -0.05) is 13.8 Å². The highest BCUT2D eigenvalue weighted by Crippen LogP contribution is 2.22. The van der Waals surface area contributed by atoms with Gasteiger partial charge in [-0.25, -0.2) is 4.79 Å². The molecule has 2 unspecified atom stereocenters. The summed E-state index contributed by atoms with van der Waals surface area (Å²) in [6.45, 7) is 8.43. The molecule has 0 aromatic heterocycles. The summed E-state index contributed by atoms with van der Waals surface area (Å²) in [4.78, 5) is 14.1. The van der Waals surface area contributed by atoms with Crippen LogP contribution in [0.4, 0.5) is 4.79 Å². The van der Waals surface area contributed by atoms with E-state index in [2.05, 4.69) is 19.2 Å². The average Bonchev–Trinajstić information content (AvgIpc) is 2.36. The van der Waals surface area contributed by atoms with Gasteiger partial charge >= 0.3 is 6.03 Å². The second kappa shape index (κ2) is 6.41. The minimum absolute atomic E-state index is 0.0324. The fourth-order valence-electron chi connectivity index (χ4n) is 2.65. The topological polar surface area (TPSA) is 52.6 Å². The average molecular weight is 256 g/mol. The molecule has 0 aromatic rings. The summed E-state index contributed by atoms with van der Waals surface area (Å²) in [5, 5.41) is 13.1. The van der Waals surface area contributed by atoms with Crippen LogP contribution < -0.4 is 5.32 Å². The summed E-state index contributed by atoms with van der Waals surface area (Å²) in [6.07, 6.45) is 4.66. The van der Waals surface area contributed by atoms with Gasteiger partial charge in [-0.05, 0) is 46.0 Å². The maximum Gasteiger partial charge on any atom is 0.317 e. The first-order valence-electron chi connectivity index (χ1n) is 7.22. The van der Waals surface area contributed by atoms with Crippen molar-refractivity contribution >= 4 is 6.03 Å². The normalized spacial score (nSPS) is 25.1. The summed E-state index contributed by atoms with van der Waals surface area (Å²) in [6, 6.07) is 0.560. The molecule has 106 valence electrons. The Balaban J connectivity index is 2.54. The van der Waals surface area contributed by atoms with Crippen molar-refractivity contribution in [1.82, 2.24) is 10.2 Å². The molecule has 1 fully saturated rings. The van der Waals surface area contributed by atoms with E-state index in [9.17, 15) is 9.90 Å². The first-order chi connectivity index (χ1) is 8.43. The van der Waals surface area contributed by atoms with Crippen LogP contribution in [-0.2, 0) is 0 Å². The third kappa shape index (κ3) is 3.61. The molecule has 2 atom stereocenters. The minimum Gasteiger partial charge on any atom is -0.388 e. The number of nitrogens with zero attached hydrogens (tertiary/aromatic N) is 1. The Bertz CT molecular complexity index is 267. The molecule has 1 saturated heterocycles. The van der Waals surface area contributed by atoms with Crippen molar-refractivity contribution in [1.29, 1.82) is 0 Å². The van der Waals surface area contributed by atoms with Gasteiger partial charge in [-0.3, -0.25) is 0 Å². The van der Waals surface area contributed by atoms with E-state index < -0.39 is 5.60 Å². The van der Waals surface area contributed by atoms with Gasteiger partial charge in [0.05, 0.1) is 5.60 Å². The zero-order valence-corrected chi connectivity index (χ0v) is 12.2. The molecule has 0 bridgehead atoms. The van der Waals surface area contributed by atoms with E-state index in [4.69, 9.17) is 0 Å². The Morgan fingerprint density at radius 2 is 1.78 bits per heavy atom. The summed E-state index contributed by atoms with van der Waals surface area (Å²) >= 11 is 0. The molecule has 18 heavy (non-hydrogen) atoms. The zero-order valence-electron chi connectivity index (χ0n) is 12.2. The first-order valence-corrected chi connectivity index (χ1v) is 7.22. The standard InChI is InChI=1S/C14H28N2O2/c1-5-14(18,6-2)10-15-13(17)16-11(3)8-7-9-12(16)4/h11-12,18H,5-10H2,1-4H3,(H,15,17). The molecule has 4 nitrogen and oxygen atoms in total. The van der Waals surface area contributed by atoms with Gasteiger partial charge in [0.15, 0.2) is 0 Å².